The highest BCUT2D eigenvalue weighted by Crippen LogP contribution is 2.52. The van der Waals surface area contributed by atoms with E-state index in [-0.39, 0.29) is 0 Å². The number of benzene rings is 3. The average molecular weight is 591 g/mol. The molecular formula is C37H34O3S2. The maximum atomic E-state index is 11.8. The Balaban J connectivity index is 1.36. The Morgan fingerprint density at radius 2 is 1.43 bits per heavy atom. The van der Waals surface area contributed by atoms with Gasteiger partial charge in [-0.05, 0) is 58.4 Å². The summed E-state index contributed by atoms with van der Waals surface area (Å²) in [5.74, 6) is 1.31. The zero-order valence-electron chi connectivity index (χ0n) is 23.8. The van der Waals surface area contributed by atoms with Crippen LogP contribution in [0.2, 0.25) is 0 Å². The van der Waals surface area contributed by atoms with Gasteiger partial charge in [0.15, 0.2) is 17.8 Å². The van der Waals surface area contributed by atoms with Crippen LogP contribution in [0.25, 0.3) is 31.8 Å². The van der Waals surface area contributed by atoms with Crippen LogP contribution in [0, 0.1) is 0 Å². The minimum absolute atomic E-state index is 0.472. The molecule has 6 rings (SSSR count). The molecule has 42 heavy (non-hydrogen) atoms. The van der Waals surface area contributed by atoms with Crippen molar-refractivity contribution in [3.8, 4) is 31.7 Å². The first-order chi connectivity index (χ1) is 20.7. The molecular weight excluding hydrogens is 557 g/mol. The summed E-state index contributed by atoms with van der Waals surface area (Å²) in [4.78, 5) is 15.8. The Kier molecular flexibility index (Phi) is 8.97. The van der Waals surface area contributed by atoms with Crippen molar-refractivity contribution in [3.63, 3.8) is 0 Å². The number of fused-ring (bicyclic) bond motifs is 1. The Morgan fingerprint density at radius 1 is 0.762 bits per heavy atom. The van der Waals surface area contributed by atoms with Gasteiger partial charge < -0.3 is 9.47 Å². The zero-order valence-corrected chi connectivity index (χ0v) is 25.4. The van der Waals surface area contributed by atoms with E-state index in [9.17, 15) is 4.79 Å². The fraction of sp³-hybridized carbons (Fsp3) is 0.216. The van der Waals surface area contributed by atoms with E-state index in [2.05, 4.69) is 104 Å². The second-order valence-corrected chi connectivity index (χ2v) is 12.6. The van der Waals surface area contributed by atoms with Crippen LogP contribution < -0.4 is 9.47 Å². The average Bonchev–Trinajstić information content (AvgIpc) is 3.65. The molecule has 0 N–H and O–H groups in total. The van der Waals surface area contributed by atoms with Crippen LogP contribution >= 0.6 is 22.7 Å². The molecule has 3 aromatic carbocycles. The van der Waals surface area contributed by atoms with Gasteiger partial charge in [0.2, 0.25) is 0 Å². The number of hydrogen-bond acceptors (Lipinski definition) is 5. The Morgan fingerprint density at radius 3 is 2.07 bits per heavy atom. The molecule has 0 saturated heterocycles. The monoisotopic (exact) mass is 590 g/mol. The summed E-state index contributed by atoms with van der Waals surface area (Å²) in [6.45, 7) is 3.22. The number of rotatable bonds is 11. The molecule has 0 saturated carbocycles. The lowest BCUT2D eigenvalue weighted by molar-refractivity contribution is 0.111. The fourth-order valence-corrected chi connectivity index (χ4v) is 7.71. The number of carbonyl (C=O) groups is 1. The van der Waals surface area contributed by atoms with Crippen LogP contribution in [-0.2, 0) is 6.42 Å². The van der Waals surface area contributed by atoms with Crippen molar-refractivity contribution >= 4 is 40.6 Å². The van der Waals surface area contributed by atoms with Gasteiger partial charge >= 0.3 is 0 Å². The molecule has 0 fully saturated rings. The van der Waals surface area contributed by atoms with Gasteiger partial charge in [-0.25, -0.2) is 0 Å². The topological polar surface area (TPSA) is 35.5 Å². The van der Waals surface area contributed by atoms with Crippen molar-refractivity contribution in [1.29, 1.82) is 0 Å². The third-order valence-corrected chi connectivity index (χ3v) is 10.0. The molecule has 0 unspecified atom stereocenters. The second-order valence-electron chi connectivity index (χ2n) is 10.5. The first-order valence-corrected chi connectivity index (χ1v) is 16.3. The SMILES string of the molecule is CCCCCCc1cc(-c2sc(C=O)c3c2OCCO3)sc1-c1ccc(C=C(c2ccccc2)c2ccccc2)cc1. The van der Waals surface area contributed by atoms with Crippen LogP contribution in [0.4, 0.5) is 0 Å². The van der Waals surface area contributed by atoms with Gasteiger partial charge in [-0.15, -0.1) is 22.7 Å². The van der Waals surface area contributed by atoms with E-state index in [0.29, 0.717) is 29.6 Å². The molecule has 5 aromatic rings. The van der Waals surface area contributed by atoms with E-state index in [1.807, 2.05) is 0 Å². The lowest BCUT2D eigenvalue weighted by Gasteiger charge is -2.16. The van der Waals surface area contributed by atoms with Crippen molar-refractivity contribution in [2.45, 2.75) is 39.0 Å². The van der Waals surface area contributed by atoms with Gasteiger partial charge in [-0.2, -0.15) is 0 Å². The highest BCUT2D eigenvalue weighted by Gasteiger charge is 2.27. The molecule has 0 atom stereocenters. The van der Waals surface area contributed by atoms with Crippen LogP contribution in [-0.4, -0.2) is 19.5 Å². The van der Waals surface area contributed by atoms with Crippen molar-refractivity contribution in [2.24, 2.45) is 0 Å². The molecule has 1 aliphatic rings. The minimum Gasteiger partial charge on any atom is -0.485 e. The summed E-state index contributed by atoms with van der Waals surface area (Å²) < 4.78 is 11.8. The summed E-state index contributed by atoms with van der Waals surface area (Å²) >= 11 is 3.25. The smallest absolute Gasteiger partial charge is 0.183 e. The maximum Gasteiger partial charge on any atom is 0.183 e. The predicted octanol–water partition coefficient (Wildman–Crippen LogP) is 10.4. The molecule has 212 valence electrons. The zero-order chi connectivity index (χ0) is 28.7. The highest BCUT2D eigenvalue weighted by atomic mass is 32.1. The standard InChI is InChI=1S/C37H34O3S2/c1-2-3-4-7-16-30-24-32(37-35-34(33(25-38)42-37)39-21-22-40-35)41-36(30)29-19-17-26(18-20-29)23-31(27-12-8-5-9-13-27)28-14-10-6-11-15-28/h5-6,8-15,17-20,23-25H,2-4,7,16,21-22H2,1H3. The van der Waals surface area contributed by atoms with Crippen LogP contribution in [0.5, 0.6) is 11.5 Å². The second kappa shape index (κ2) is 13.4. The molecule has 3 nitrogen and oxygen atoms in total. The summed E-state index contributed by atoms with van der Waals surface area (Å²) in [5, 5.41) is 0. The predicted molar refractivity (Wildman–Crippen MR) is 177 cm³/mol. The summed E-state index contributed by atoms with van der Waals surface area (Å²) in [6.07, 6.45) is 9.06. The van der Waals surface area contributed by atoms with Gasteiger partial charge in [0.1, 0.15) is 18.1 Å². The lowest BCUT2D eigenvalue weighted by Crippen LogP contribution is -2.15. The van der Waals surface area contributed by atoms with E-state index in [4.69, 9.17) is 9.47 Å². The first-order valence-electron chi connectivity index (χ1n) is 14.7. The van der Waals surface area contributed by atoms with E-state index in [1.54, 1.807) is 11.3 Å². The molecule has 1 aliphatic heterocycles. The molecule has 3 heterocycles. The normalized spacial score (nSPS) is 12.2. The molecule has 0 spiro atoms. The van der Waals surface area contributed by atoms with Gasteiger partial charge in [0.25, 0.3) is 0 Å². The van der Waals surface area contributed by atoms with Crippen molar-refractivity contribution in [2.75, 3.05) is 13.2 Å². The Hall–Kier alpha value is -3.93. The number of hydrogen-bond donors (Lipinski definition) is 0. The lowest BCUT2D eigenvalue weighted by atomic mass is 9.95. The Bertz CT molecular complexity index is 1620. The van der Waals surface area contributed by atoms with Crippen LogP contribution in [0.1, 0.15) is 64.5 Å². The number of aldehydes is 1. The van der Waals surface area contributed by atoms with Crippen molar-refractivity contribution < 1.29 is 14.3 Å². The van der Waals surface area contributed by atoms with Crippen molar-refractivity contribution in [1.82, 2.24) is 0 Å². The van der Waals surface area contributed by atoms with Crippen LogP contribution in [0.15, 0.2) is 91.0 Å². The van der Waals surface area contributed by atoms with E-state index in [0.717, 1.165) is 34.4 Å². The molecule has 5 heteroatoms. The maximum absolute atomic E-state index is 11.8. The van der Waals surface area contributed by atoms with E-state index >= 15 is 0 Å². The quantitative estimate of drug-likeness (QED) is 0.0872. The first kappa shape index (κ1) is 28.2. The number of aryl methyl sites for hydroxylation is 1. The minimum atomic E-state index is 0.472. The number of thiophene rings is 2. The number of carbonyl (C=O) groups excluding carboxylic acids is 1. The molecule has 0 bridgehead atoms. The summed E-state index contributed by atoms with van der Waals surface area (Å²) in [5.41, 5.74) is 7.34. The fourth-order valence-electron chi connectivity index (χ4n) is 5.39. The van der Waals surface area contributed by atoms with Gasteiger partial charge in [-0.1, -0.05) is 111 Å². The van der Waals surface area contributed by atoms with E-state index in [1.165, 1.54) is 63.3 Å². The summed E-state index contributed by atoms with van der Waals surface area (Å²) in [7, 11) is 0. The Labute approximate surface area is 256 Å². The van der Waals surface area contributed by atoms with Gasteiger partial charge in [0, 0.05) is 9.75 Å². The summed E-state index contributed by atoms with van der Waals surface area (Å²) in [6, 6.07) is 32.4. The van der Waals surface area contributed by atoms with Gasteiger partial charge in [0.05, 0.1) is 4.88 Å². The third kappa shape index (κ3) is 6.13. The number of ether oxygens (including phenoxy) is 2. The van der Waals surface area contributed by atoms with Crippen LogP contribution in [0.3, 0.4) is 0 Å². The molecule has 0 aliphatic carbocycles. The largest absolute Gasteiger partial charge is 0.485 e. The highest BCUT2D eigenvalue weighted by molar-refractivity contribution is 7.25. The molecule has 0 amide bonds. The number of unbranched alkanes of at least 4 members (excludes halogenated alkanes) is 3. The molecule has 2 aromatic heterocycles. The third-order valence-electron chi connectivity index (χ3n) is 7.52. The van der Waals surface area contributed by atoms with E-state index < -0.39 is 0 Å². The molecule has 0 radical (unpaired) electrons. The van der Waals surface area contributed by atoms with Gasteiger partial charge in [-0.3, -0.25) is 4.79 Å². The van der Waals surface area contributed by atoms with Crippen molar-refractivity contribution in [3.05, 3.63) is 118 Å².